The molecular weight excluding hydrogens is 426 g/mol. The average Bonchev–Trinajstić information content (AvgIpc) is 3.36. The van der Waals surface area contributed by atoms with Crippen LogP contribution in [0.1, 0.15) is 43.2 Å². The van der Waals surface area contributed by atoms with E-state index in [1.807, 2.05) is 12.1 Å². The van der Waals surface area contributed by atoms with E-state index < -0.39 is 5.97 Å². The van der Waals surface area contributed by atoms with Gasteiger partial charge in [-0.3, -0.25) is 4.79 Å². The van der Waals surface area contributed by atoms with Crippen LogP contribution in [0.3, 0.4) is 0 Å². The number of carbonyl (C=O) groups is 1. The second kappa shape index (κ2) is 10.6. The standard InChI is InChI=1S/C27H30F2O4/c28-21-11-7-19(8-12-21)16-32-17-23-24(5-3-1-2-4-6-26(30)31)27(15-25(23)33-18-27)20-9-13-22(29)14-10-20/h1,3,7-14,23-25H,2,4-6,15-18H2,(H,30,31)/b3-1-/t23-,24-,25-,27-/m1/s1. The number of benzene rings is 2. The number of hydrogen-bond donors (Lipinski definition) is 1. The fourth-order valence-corrected chi connectivity index (χ4v) is 5.38. The topological polar surface area (TPSA) is 55.8 Å². The molecule has 1 saturated heterocycles. The molecule has 0 spiro atoms. The highest BCUT2D eigenvalue weighted by Gasteiger charge is 2.59. The molecule has 2 aromatic carbocycles. The summed E-state index contributed by atoms with van der Waals surface area (Å²) in [6.45, 7) is 1.54. The Balaban J connectivity index is 1.45. The van der Waals surface area contributed by atoms with Gasteiger partial charge in [-0.25, -0.2) is 8.78 Å². The van der Waals surface area contributed by atoms with Gasteiger partial charge >= 0.3 is 5.97 Å². The van der Waals surface area contributed by atoms with Crippen molar-refractivity contribution in [2.45, 2.75) is 50.2 Å². The van der Waals surface area contributed by atoms with E-state index >= 15 is 0 Å². The third kappa shape index (κ3) is 5.50. The summed E-state index contributed by atoms with van der Waals surface area (Å²) in [5, 5.41) is 8.81. The zero-order valence-corrected chi connectivity index (χ0v) is 18.6. The Morgan fingerprint density at radius 2 is 1.79 bits per heavy atom. The highest BCUT2D eigenvalue weighted by Crippen LogP contribution is 2.56. The predicted octanol–water partition coefficient (Wildman–Crippen LogP) is 5.66. The lowest BCUT2D eigenvalue weighted by Crippen LogP contribution is -2.41. The van der Waals surface area contributed by atoms with Gasteiger partial charge in [-0.1, -0.05) is 36.4 Å². The molecule has 4 atom stereocenters. The number of allylic oxidation sites excluding steroid dienone is 2. The Hall–Kier alpha value is -2.57. The SMILES string of the molecule is O=C(O)CCC/C=C\C[C@@H]1[C@@H](COCc2ccc(F)cc2)[C@H]2C[C@]1(c1ccc(F)cc1)CO2. The molecule has 6 heteroatoms. The van der Waals surface area contributed by atoms with Crippen LogP contribution in [0.4, 0.5) is 8.78 Å². The van der Waals surface area contributed by atoms with Crippen LogP contribution < -0.4 is 0 Å². The first-order chi connectivity index (χ1) is 16.0. The van der Waals surface area contributed by atoms with E-state index in [0.29, 0.717) is 26.2 Å². The van der Waals surface area contributed by atoms with Crippen LogP contribution >= 0.6 is 0 Å². The zero-order chi connectivity index (χ0) is 23.3. The first-order valence-electron chi connectivity index (χ1n) is 11.5. The van der Waals surface area contributed by atoms with Gasteiger partial charge in [0.05, 0.1) is 25.9 Å². The van der Waals surface area contributed by atoms with E-state index in [0.717, 1.165) is 30.4 Å². The summed E-state index contributed by atoms with van der Waals surface area (Å²) in [6.07, 6.45) is 7.51. The number of aliphatic carboxylic acids is 1. The Kier molecular flexibility index (Phi) is 7.56. The van der Waals surface area contributed by atoms with Crippen molar-refractivity contribution in [3.05, 3.63) is 83.4 Å². The molecule has 2 bridgehead atoms. The number of halogens is 2. The summed E-state index contributed by atoms with van der Waals surface area (Å²) in [5.74, 6) is -0.838. The van der Waals surface area contributed by atoms with Crippen LogP contribution in [0.2, 0.25) is 0 Å². The predicted molar refractivity (Wildman–Crippen MR) is 121 cm³/mol. The van der Waals surface area contributed by atoms with Gasteiger partial charge in [-0.2, -0.15) is 0 Å². The fourth-order valence-electron chi connectivity index (χ4n) is 5.38. The van der Waals surface area contributed by atoms with Gasteiger partial charge in [-0.05, 0) is 67.0 Å². The lowest BCUT2D eigenvalue weighted by Gasteiger charge is -2.39. The second-order valence-electron chi connectivity index (χ2n) is 9.12. The fraction of sp³-hybridized carbons (Fsp3) is 0.444. The maximum atomic E-state index is 13.6. The molecule has 2 fully saturated rings. The van der Waals surface area contributed by atoms with Crippen LogP contribution in [0.5, 0.6) is 0 Å². The maximum absolute atomic E-state index is 13.6. The first-order valence-corrected chi connectivity index (χ1v) is 11.5. The number of carboxylic acids is 1. The summed E-state index contributed by atoms with van der Waals surface area (Å²) in [5.41, 5.74) is 1.83. The van der Waals surface area contributed by atoms with Crippen molar-refractivity contribution in [1.82, 2.24) is 0 Å². The van der Waals surface area contributed by atoms with Crippen molar-refractivity contribution in [3.8, 4) is 0 Å². The lowest BCUT2D eigenvalue weighted by atomic mass is 9.69. The van der Waals surface area contributed by atoms with Crippen LogP contribution in [-0.4, -0.2) is 30.4 Å². The Morgan fingerprint density at radius 1 is 1.09 bits per heavy atom. The molecule has 1 heterocycles. The molecule has 0 aromatic heterocycles. The number of unbranched alkanes of at least 4 members (excludes halogenated alkanes) is 1. The molecule has 0 amide bonds. The third-order valence-corrected chi connectivity index (χ3v) is 7.05. The number of hydrogen-bond acceptors (Lipinski definition) is 3. The molecular formula is C27H30F2O4. The van der Waals surface area contributed by atoms with E-state index in [4.69, 9.17) is 14.6 Å². The van der Waals surface area contributed by atoms with Gasteiger partial charge in [0.1, 0.15) is 11.6 Å². The minimum absolute atomic E-state index is 0.0775. The van der Waals surface area contributed by atoms with Gasteiger partial charge in [0.2, 0.25) is 0 Å². The van der Waals surface area contributed by atoms with Crippen molar-refractivity contribution >= 4 is 5.97 Å². The number of rotatable bonds is 11. The van der Waals surface area contributed by atoms with Crippen LogP contribution in [0, 0.1) is 23.5 Å². The molecule has 176 valence electrons. The highest BCUT2D eigenvalue weighted by molar-refractivity contribution is 5.66. The zero-order valence-electron chi connectivity index (χ0n) is 18.6. The molecule has 4 nitrogen and oxygen atoms in total. The Bertz CT molecular complexity index is 957. The lowest BCUT2D eigenvalue weighted by molar-refractivity contribution is -0.137. The number of carboxylic acid groups (broad SMARTS) is 1. The molecule has 2 aliphatic rings. The van der Waals surface area contributed by atoms with Crippen LogP contribution in [-0.2, 0) is 26.3 Å². The van der Waals surface area contributed by atoms with E-state index in [1.165, 1.54) is 24.3 Å². The van der Waals surface area contributed by atoms with Gasteiger partial charge < -0.3 is 14.6 Å². The molecule has 1 aliphatic heterocycles. The van der Waals surface area contributed by atoms with E-state index in [9.17, 15) is 13.6 Å². The van der Waals surface area contributed by atoms with Crippen LogP contribution in [0.15, 0.2) is 60.7 Å². The van der Waals surface area contributed by atoms with Crippen LogP contribution in [0.25, 0.3) is 0 Å². The quantitative estimate of drug-likeness (QED) is 0.350. The van der Waals surface area contributed by atoms with Gasteiger partial charge in [0, 0.05) is 17.8 Å². The monoisotopic (exact) mass is 456 g/mol. The van der Waals surface area contributed by atoms with E-state index in [2.05, 4.69) is 12.2 Å². The van der Waals surface area contributed by atoms with Crippen molar-refractivity contribution < 1.29 is 28.2 Å². The number of fused-ring (bicyclic) bond motifs is 2. The Labute approximate surface area is 193 Å². The molecule has 4 rings (SSSR count). The largest absolute Gasteiger partial charge is 0.481 e. The normalized spacial score (nSPS) is 26.3. The van der Waals surface area contributed by atoms with Crippen molar-refractivity contribution in [1.29, 1.82) is 0 Å². The molecule has 1 saturated carbocycles. The summed E-state index contributed by atoms with van der Waals surface area (Å²) >= 11 is 0. The van der Waals surface area contributed by atoms with Gasteiger partial charge in [0.25, 0.3) is 0 Å². The molecule has 1 aliphatic carbocycles. The third-order valence-electron chi connectivity index (χ3n) is 7.05. The maximum Gasteiger partial charge on any atom is 0.303 e. The van der Waals surface area contributed by atoms with E-state index in [-0.39, 0.29) is 41.4 Å². The average molecular weight is 457 g/mol. The minimum atomic E-state index is -0.776. The molecule has 2 aromatic rings. The van der Waals surface area contributed by atoms with E-state index in [1.54, 1.807) is 12.1 Å². The van der Waals surface area contributed by atoms with Gasteiger partial charge in [-0.15, -0.1) is 0 Å². The molecule has 1 N–H and O–H groups in total. The van der Waals surface area contributed by atoms with Crippen molar-refractivity contribution in [2.24, 2.45) is 11.8 Å². The summed E-state index contributed by atoms with van der Waals surface area (Å²) in [4.78, 5) is 10.7. The van der Waals surface area contributed by atoms with Crippen molar-refractivity contribution in [3.63, 3.8) is 0 Å². The molecule has 0 radical (unpaired) electrons. The summed E-state index contributed by atoms with van der Waals surface area (Å²) < 4.78 is 39.0. The molecule has 0 unspecified atom stereocenters. The minimum Gasteiger partial charge on any atom is -0.481 e. The van der Waals surface area contributed by atoms with Crippen molar-refractivity contribution in [2.75, 3.05) is 13.2 Å². The Morgan fingerprint density at radius 3 is 2.48 bits per heavy atom. The highest BCUT2D eigenvalue weighted by atomic mass is 19.1. The summed E-state index contributed by atoms with van der Waals surface area (Å²) in [6, 6.07) is 13.1. The smallest absolute Gasteiger partial charge is 0.303 e. The number of ether oxygens (including phenoxy) is 2. The second-order valence-corrected chi connectivity index (χ2v) is 9.12. The first kappa shape index (κ1) is 23.6. The van der Waals surface area contributed by atoms with Gasteiger partial charge in [0.15, 0.2) is 0 Å². The summed E-state index contributed by atoms with van der Waals surface area (Å²) in [7, 11) is 0. The molecule has 33 heavy (non-hydrogen) atoms.